The summed E-state index contributed by atoms with van der Waals surface area (Å²) in [6.45, 7) is 5.77. The smallest absolute Gasteiger partial charge is 0.309 e. The summed E-state index contributed by atoms with van der Waals surface area (Å²) in [5.41, 5.74) is 0. The average molecular weight is 161 g/mol. The SMILES string of the molecule is C=N.CC(C)C(CO)C(=O)O. The molecule has 0 aromatic carbocycles. The summed E-state index contributed by atoms with van der Waals surface area (Å²) in [5, 5.41) is 22.4. The minimum absolute atomic E-state index is 0.00694. The first-order chi connectivity index (χ1) is 5.09. The van der Waals surface area contributed by atoms with Crippen LogP contribution in [0, 0.1) is 17.2 Å². The largest absolute Gasteiger partial charge is 0.481 e. The molecule has 11 heavy (non-hydrogen) atoms. The summed E-state index contributed by atoms with van der Waals surface area (Å²) < 4.78 is 0. The molecular formula is C7H15NO3. The Morgan fingerprint density at radius 1 is 1.55 bits per heavy atom. The number of nitrogens with one attached hydrogen (secondary N) is 1. The quantitative estimate of drug-likeness (QED) is 0.530. The van der Waals surface area contributed by atoms with Gasteiger partial charge in [0.05, 0.1) is 12.5 Å². The van der Waals surface area contributed by atoms with Crippen LogP contribution in [-0.2, 0) is 4.79 Å². The van der Waals surface area contributed by atoms with Crippen LogP contribution in [0.5, 0.6) is 0 Å². The van der Waals surface area contributed by atoms with Crippen LogP contribution in [0.3, 0.4) is 0 Å². The summed E-state index contributed by atoms with van der Waals surface area (Å²) in [6.07, 6.45) is 0. The van der Waals surface area contributed by atoms with Gasteiger partial charge in [-0.15, -0.1) is 0 Å². The van der Waals surface area contributed by atoms with Gasteiger partial charge in [0, 0.05) is 0 Å². The number of hydrogen-bond acceptors (Lipinski definition) is 3. The van der Waals surface area contributed by atoms with Crippen molar-refractivity contribution in [3.05, 3.63) is 0 Å². The van der Waals surface area contributed by atoms with Crippen LogP contribution >= 0.6 is 0 Å². The molecule has 0 amide bonds. The zero-order chi connectivity index (χ0) is 9.44. The molecule has 0 fully saturated rings. The van der Waals surface area contributed by atoms with E-state index >= 15 is 0 Å². The van der Waals surface area contributed by atoms with Crippen LogP contribution in [0.2, 0.25) is 0 Å². The van der Waals surface area contributed by atoms with Crippen LogP contribution in [0.1, 0.15) is 13.8 Å². The third kappa shape index (κ3) is 5.54. The first-order valence-electron chi connectivity index (χ1n) is 3.28. The Morgan fingerprint density at radius 3 is 1.91 bits per heavy atom. The number of aliphatic carboxylic acids is 1. The van der Waals surface area contributed by atoms with Crippen molar-refractivity contribution in [1.82, 2.24) is 0 Å². The van der Waals surface area contributed by atoms with Crippen molar-refractivity contribution in [3.63, 3.8) is 0 Å². The van der Waals surface area contributed by atoms with Gasteiger partial charge in [-0.05, 0) is 12.6 Å². The highest BCUT2D eigenvalue weighted by molar-refractivity contribution is 5.70. The second-order valence-corrected chi connectivity index (χ2v) is 2.37. The van der Waals surface area contributed by atoms with Gasteiger partial charge in [-0.3, -0.25) is 4.79 Å². The van der Waals surface area contributed by atoms with Crippen LogP contribution in [0.25, 0.3) is 0 Å². The highest BCUT2D eigenvalue weighted by Crippen LogP contribution is 2.08. The predicted molar refractivity (Wildman–Crippen MR) is 42.9 cm³/mol. The zero-order valence-corrected chi connectivity index (χ0v) is 6.87. The van der Waals surface area contributed by atoms with Gasteiger partial charge < -0.3 is 15.6 Å². The van der Waals surface area contributed by atoms with E-state index in [4.69, 9.17) is 15.6 Å². The number of rotatable bonds is 3. The fourth-order valence-corrected chi connectivity index (χ4v) is 0.574. The van der Waals surface area contributed by atoms with Crippen molar-refractivity contribution < 1.29 is 15.0 Å². The molecule has 1 unspecified atom stereocenters. The summed E-state index contributed by atoms with van der Waals surface area (Å²) in [5.74, 6) is -1.52. The van der Waals surface area contributed by atoms with Gasteiger partial charge in [-0.25, -0.2) is 0 Å². The van der Waals surface area contributed by atoms with Crippen molar-refractivity contribution in [2.75, 3.05) is 6.61 Å². The molecule has 0 aliphatic heterocycles. The Hall–Kier alpha value is -0.900. The fourth-order valence-electron chi connectivity index (χ4n) is 0.574. The van der Waals surface area contributed by atoms with Crippen molar-refractivity contribution in [2.45, 2.75) is 13.8 Å². The van der Waals surface area contributed by atoms with E-state index in [2.05, 4.69) is 6.72 Å². The Bertz CT molecular complexity index is 114. The maximum Gasteiger partial charge on any atom is 0.309 e. The van der Waals surface area contributed by atoms with E-state index in [1.807, 2.05) is 0 Å². The average Bonchev–Trinajstić information content (AvgIpc) is 1.91. The lowest BCUT2D eigenvalue weighted by Crippen LogP contribution is -2.23. The molecule has 1 atom stereocenters. The molecule has 0 aromatic rings. The standard InChI is InChI=1S/C6H12O3.CH3N/c1-4(2)5(3-7)6(8)9;1-2/h4-5,7H,3H2,1-2H3,(H,8,9);2H,1H2. The van der Waals surface area contributed by atoms with Gasteiger partial charge in [0.2, 0.25) is 0 Å². The molecule has 0 spiro atoms. The number of aliphatic hydroxyl groups is 1. The molecule has 0 heterocycles. The van der Waals surface area contributed by atoms with E-state index in [9.17, 15) is 4.79 Å². The molecule has 0 rings (SSSR count). The monoisotopic (exact) mass is 161 g/mol. The van der Waals surface area contributed by atoms with Crippen LogP contribution in [0.4, 0.5) is 0 Å². The second kappa shape index (κ2) is 7.21. The third-order valence-corrected chi connectivity index (χ3v) is 1.32. The normalized spacial score (nSPS) is 11.6. The third-order valence-electron chi connectivity index (χ3n) is 1.32. The molecule has 4 heteroatoms. The highest BCUT2D eigenvalue weighted by atomic mass is 16.4. The van der Waals surface area contributed by atoms with E-state index in [1.165, 1.54) is 0 Å². The molecule has 0 bridgehead atoms. The first-order valence-corrected chi connectivity index (χ1v) is 3.28. The summed E-state index contributed by atoms with van der Waals surface area (Å²) in [4.78, 5) is 10.2. The molecule has 0 aliphatic rings. The topological polar surface area (TPSA) is 81.4 Å². The number of carbonyl (C=O) groups is 1. The second-order valence-electron chi connectivity index (χ2n) is 2.37. The number of aliphatic hydroxyl groups excluding tert-OH is 1. The number of hydrogen-bond donors (Lipinski definition) is 3. The first kappa shape index (κ1) is 12.7. The van der Waals surface area contributed by atoms with E-state index in [1.54, 1.807) is 13.8 Å². The minimum atomic E-state index is -0.924. The maximum atomic E-state index is 10.2. The van der Waals surface area contributed by atoms with Gasteiger partial charge in [0.25, 0.3) is 0 Å². The lowest BCUT2D eigenvalue weighted by Gasteiger charge is -2.11. The van der Waals surface area contributed by atoms with Crippen molar-refractivity contribution in [1.29, 1.82) is 5.41 Å². The molecule has 0 saturated heterocycles. The van der Waals surface area contributed by atoms with E-state index in [0.717, 1.165) is 0 Å². The fraction of sp³-hybridized carbons (Fsp3) is 0.714. The van der Waals surface area contributed by atoms with Gasteiger partial charge in [0.1, 0.15) is 0 Å². The van der Waals surface area contributed by atoms with Gasteiger partial charge in [-0.2, -0.15) is 0 Å². The zero-order valence-electron chi connectivity index (χ0n) is 6.87. The molecule has 66 valence electrons. The van der Waals surface area contributed by atoms with Crippen molar-refractivity contribution in [3.8, 4) is 0 Å². The summed E-state index contributed by atoms with van der Waals surface area (Å²) in [6, 6.07) is 0. The lowest BCUT2D eigenvalue weighted by atomic mass is 9.97. The molecule has 0 radical (unpaired) electrons. The molecule has 3 N–H and O–H groups in total. The van der Waals surface area contributed by atoms with Gasteiger partial charge in [-0.1, -0.05) is 13.8 Å². The van der Waals surface area contributed by atoms with Crippen molar-refractivity contribution in [2.24, 2.45) is 11.8 Å². The van der Waals surface area contributed by atoms with E-state index in [0.29, 0.717) is 0 Å². The summed E-state index contributed by atoms with van der Waals surface area (Å²) in [7, 11) is 0. The number of carboxylic acids is 1. The highest BCUT2D eigenvalue weighted by Gasteiger charge is 2.19. The lowest BCUT2D eigenvalue weighted by molar-refractivity contribution is -0.144. The Kier molecular flexibility index (Phi) is 8.36. The number of carboxylic acid groups (broad SMARTS) is 1. The van der Waals surface area contributed by atoms with Crippen molar-refractivity contribution >= 4 is 12.7 Å². The Morgan fingerprint density at radius 2 is 1.91 bits per heavy atom. The van der Waals surface area contributed by atoms with Crippen LogP contribution in [0.15, 0.2) is 0 Å². The van der Waals surface area contributed by atoms with Gasteiger partial charge in [0.15, 0.2) is 0 Å². The van der Waals surface area contributed by atoms with Gasteiger partial charge >= 0.3 is 5.97 Å². The Labute approximate surface area is 66.4 Å². The molecule has 0 aliphatic carbocycles. The van der Waals surface area contributed by atoms with E-state index < -0.39 is 11.9 Å². The molecule has 0 aromatic heterocycles. The minimum Gasteiger partial charge on any atom is -0.481 e. The molecular weight excluding hydrogens is 146 g/mol. The maximum absolute atomic E-state index is 10.2. The van der Waals surface area contributed by atoms with Crippen LogP contribution in [-0.4, -0.2) is 29.5 Å². The Balaban J connectivity index is 0. The van der Waals surface area contributed by atoms with Crippen LogP contribution < -0.4 is 0 Å². The van der Waals surface area contributed by atoms with E-state index in [-0.39, 0.29) is 12.5 Å². The molecule has 4 nitrogen and oxygen atoms in total. The predicted octanol–water partition coefficient (Wildman–Crippen LogP) is 0.601. The molecule has 0 saturated carbocycles. The summed E-state index contributed by atoms with van der Waals surface area (Å²) >= 11 is 0.